The summed E-state index contributed by atoms with van der Waals surface area (Å²) in [4.78, 5) is 5.65. The molecule has 0 amide bonds. The van der Waals surface area contributed by atoms with Crippen molar-refractivity contribution in [2.24, 2.45) is 35.5 Å². The second-order valence-electron chi connectivity index (χ2n) is 25.0. The van der Waals surface area contributed by atoms with Crippen LogP contribution in [0.3, 0.4) is 0 Å². The van der Waals surface area contributed by atoms with Crippen molar-refractivity contribution in [2.45, 2.75) is 169 Å². The van der Waals surface area contributed by atoms with Crippen LogP contribution in [-0.2, 0) is 21.7 Å². The molecular formula is C62H79NO2. The van der Waals surface area contributed by atoms with Gasteiger partial charge in [-0.1, -0.05) is 129 Å². The standard InChI is InChI=1S/C62H79NO2/c1-37-14-16-50(45-24-46(59(7,8)9)26-48(25-45)61-31-39(3)18-43(35-61)19-40(4)32-61)52(22-37)56-29-49(65-13)30-57(63-56)53-23-38(2)15-17-51(53)54-27-47(60(10,11)12)28-55(58(54)64)62-33-41(5)20-44(36-62)21-42(6)34-62/h14-17,22-30,39-44,64H,18-21,31-36H2,1-13H3. The van der Waals surface area contributed by atoms with Crippen molar-refractivity contribution in [1.29, 1.82) is 0 Å². The predicted molar refractivity (Wildman–Crippen MR) is 274 cm³/mol. The summed E-state index contributed by atoms with van der Waals surface area (Å²) in [6, 6.07) is 30.1. The van der Waals surface area contributed by atoms with E-state index in [1.54, 1.807) is 7.11 Å². The zero-order valence-corrected chi connectivity index (χ0v) is 42.3. The van der Waals surface area contributed by atoms with Crippen LogP contribution in [0, 0.1) is 49.4 Å². The fourth-order valence-electron chi connectivity index (χ4n) is 14.4. The molecule has 9 rings (SSSR count). The Kier molecular flexibility index (Phi) is 11.8. The van der Waals surface area contributed by atoms with E-state index < -0.39 is 0 Å². The quantitative estimate of drug-likeness (QED) is 0.177. The molecule has 3 heteroatoms. The summed E-state index contributed by atoms with van der Waals surface area (Å²) in [5.74, 6) is 5.53. The van der Waals surface area contributed by atoms with Crippen LogP contribution in [0.15, 0.2) is 78.9 Å². The molecule has 4 aromatic carbocycles. The molecule has 0 spiro atoms. The summed E-state index contributed by atoms with van der Waals surface area (Å²) >= 11 is 0. The lowest BCUT2D eigenvalue weighted by Crippen LogP contribution is -2.42. The van der Waals surface area contributed by atoms with Crippen LogP contribution < -0.4 is 4.74 Å². The molecule has 4 bridgehead atoms. The van der Waals surface area contributed by atoms with Gasteiger partial charge in [-0.05, 0) is 187 Å². The number of phenols is 1. The first-order valence-corrected chi connectivity index (χ1v) is 25.4. The minimum absolute atomic E-state index is 0.00327. The van der Waals surface area contributed by atoms with Crippen molar-refractivity contribution in [1.82, 2.24) is 4.98 Å². The Morgan fingerprint density at radius 1 is 0.523 bits per heavy atom. The molecule has 0 aliphatic heterocycles. The first-order chi connectivity index (χ1) is 30.6. The molecule has 4 aliphatic rings. The average molecular weight is 870 g/mol. The molecule has 3 nitrogen and oxygen atoms in total. The number of methoxy groups -OCH3 is 1. The van der Waals surface area contributed by atoms with Crippen LogP contribution in [0.25, 0.3) is 44.8 Å². The van der Waals surface area contributed by atoms with Crippen molar-refractivity contribution in [3.8, 4) is 56.3 Å². The minimum Gasteiger partial charge on any atom is -0.507 e. The molecule has 0 saturated heterocycles. The van der Waals surface area contributed by atoms with Crippen LogP contribution in [0.4, 0.5) is 0 Å². The Labute approximate surface area is 393 Å². The van der Waals surface area contributed by atoms with E-state index in [2.05, 4.69) is 162 Å². The average Bonchev–Trinajstić information content (AvgIpc) is 3.21. The molecule has 65 heavy (non-hydrogen) atoms. The maximum absolute atomic E-state index is 12.9. The molecular weight excluding hydrogens is 791 g/mol. The van der Waals surface area contributed by atoms with E-state index in [1.165, 1.54) is 84.7 Å². The Bertz CT molecular complexity index is 2560. The van der Waals surface area contributed by atoms with Gasteiger partial charge in [-0.2, -0.15) is 0 Å². The third-order valence-corrected chi connectivity index (χ3v) is 16.8. The van der Waals surface area contributed by atoms with Crippen molar-refractivity contribution < 1.29 is 9.84 Å². The summed E-state index contributed by atoms with van der Waals surface area (Å²) in [5, 5.41) is 12.9. The van der Waals surface area contributed by atoms with E-state index in [0.29, 0.717) is 23.5 Å². The monoisotopic (exact) mass is 870 g/mol. The number of rotatable bonds is 7. The molecule has 0 radical (unpaired) electrons. The van der Waals surface area contributed by atoms with Crippen molar-refractivity contribution in [2.75, 3.05) is 7.11 Å². The number of aryl methyl sites for hydroxylation is 2. The number of fused-ring (bicyclic) bond motifs is 4. The second-order valence-corrected chi connectivity index (χ2v) is 25.0. The fourth-order valence-corrected chi connectivity index (χ4v) is 14.4. The van der Waals surface area contributed by atoms with Gasteiger partial charge in [-0.15, -0.1) is 0 Å². The van der Waals surface area contributed by atoms with E-state index in [4.69, 9.17) is 9.72 Å². The Hall–Kier alpha value is -4.37. The van der Waals surface area contributed by atoms with Crippen LogP contribution >= 0.6 is 0 Å². The predicted octanol–water partition coefficient (Wildman–Crippen LogP) is 16.9. The van der Waals surface area contributed by atoms with Gasteiger partial charge in [-0.25, -0.2) is 4.98 Å². The van der Waals surface area contributed by atoms with Crippen molar-refractivity contribution in [3.05, 3.63) is 112 Å². The van der Waals surface area contributed by atoms with Crippen molar-refractivity contribution >= 4 is 0 Å². The van der Waals surface area contributed by atoms with E-state index >= 15 is 0 Å². The van der Waals surface area contributed by atoms with Gasteiger partial charge in [0.2, 0.25) is 0 Å². The van der Waals surface area contributed by atoms with Crippen LogP contribution in [0.1, 0.15) is 167 Å². The number of nitrogens with zero attached hydrogens (tertiary/aromatic N) is 1. The van der Waals surface area contributed by atoms with E-state index in [-0.39, 0.29) is 21.7 Å². The van der Waals surface area contributed by atoms with Gasteiger partial charge in [0, 0.05) is 34.4 Å². The molecule has 5 aromatic rings. The molecule has 4 unspecified atom stereocenters. The zero-order valence-electron chi connectivity index (χ0n) is 42.3. The minimum atomic E-state index is -0.0996. The number of ether oxygens (including phenoxy) is 1. The number of pyridine rings is 1. The Balaban J connectivity index is 1.22. The highest BCUT2D eigenvalue weighted by Crippen LogP contribution is 2.59. The molecule has 1 N–H and O–H groups in total. The van der Waals surface area contributed by atoms with Crippen LogP contribution in [0.5, 0.6) is 11.5 Å². The highest BCUT2D eigenvalue weighted by molar-refractivity contribution is 5.89. The fraction of sp³-hybridized carbons (Fsp3) is 0.532. The Morgan fingerprint density at radius 2 is 1.00 bits per heavy atom. The van der Waals surface area contributed by atoms with E-state index in [0.717, 1.165) is 81.1 Å². The smallest absolute Gasteiger partial charge is 0.127 e. The summed E-state index contributed by atoms with van der Waals surface area (Å²) in [5.41, 5.74) is 16.1. The first kappa shape index (κ1) is 45.8. The number of benzene rings is 4. The summed E-state index contributed by atoms with van der Waals surface area (Å²) in [6.07, 6.45) is 12.6. The number of aromatic nitrogens is 1. The normalized spacial score (nSPS) is 28.0. The molecule has 344 valence electrons. The highest BCUT2D eigenvalue weighted by Gasteiger charge is 2.48. The second kappa shape index (κ2) is 16.7. The SMILES string of the molecule is COc1cc(-c2cc(C)ccc2-c2cc(C(C)(C)C)cc(C34CC(C)CC(CC(C)C3)C4)c2)nc(-c2cc(C)ccc2-c2cc(C(C)(C)C)cc(C34CC(C)CC(CC(C)C3)C4)c2O)c1. The number of hydrogen-bond acceptors (Lipinski definition) is 3. The lowest BCUT2D eigenvalue weighted by atomic mass is 9.54. The lowest BCUT2D eigenvalue weighted by molar-refractivity contribution is 0.0762. The zero-order chi connectivity index (χ0) is 46.4. The van der Waals surface area contributed by atoms with Gasteiger partial charge in [0.05, 0.1) is 18.5 Å². The molecule has 1 aromatic heterocycles. The number of aromatic hydroxyl groups is 1. The van der Waals surface area contributed by atoms with Gasteiger partial charge < -0.3 is 9.84 Å². The van der Waals surface area contributed by atoms with E-state index in [1.807, 2.05) is 0 Å². The highest BCUT2D eigenvalue weighted by atomic mass is 16.5. The third kappa shape index (κ3) is 8.85. The molecule has 1 heterocycles. The van der Waals surface area contributed by atoms with Gasteiger partial charge in [0.25, 0.3) is 0 Å². The maximum atomic E-state index is 12.9. The first-order valence-electron chi connectivity index (χ1n) is 25.4. The van der Waals surface area contributed by atoms with Gasteiger partial charge in [-0.3, -0.25) is 0 Å². The lowest BCUT2D eigenvalue weighted by Gasteiger charge is -2.51. The van der Waals surface area contributed by atoms with Gasteiger partial charge >= 0.3 is 0 Å². The molecule has 4 fully saturated rings. The van der Waals surface area contributed by atoms with Gasteiger partial charge in [0.1, 0.15) is 11.5 Å². The van der Waals surface area contributed by atoms with E-state index in [9.17, 15) is 5.11 Å². The number of phenolic OH excluding ortho intramolecular Hbond substituents is 1. The topological polar surface area (TPSA) is 42.4 Å². The number of hydrogen-bond donors (Lipinski definition) is 1. The maximum Gasteiger partial charge on any atom is 0.127 e. The summed E-state index contributed by atoms with van der Waals surface area (Å²) < 4.78 is 6.18. The van der Waals surface area contributed by atoms with Gasteiger partial charge in [0.15, 0.2) is 0 Å². The molecule has 4 aliphatic carbocycles. The van der Waals surface area contributed by atoms with Crippen molar-refractivity contribution in [3.63, 3.8) is 0 Å². The molecule has 4 atom stereocenters. The summed E-state index contributed by atoms with van der Waals surface area (Å²) in [7, 11) is 1.77. The van der Waals surface area contributed by atoms with Crippen LogP contribution in [-0.4, -0.2) is 17.2 Å². The van der Waals surface area contributed by atoms with Crippen LogP contribution in [0.2, 0.25) is 0 Å². The summed E-state index contributed by atoms with van der Waals surface area (Å²) in [6.45, 7) is 28.3. The third-order valence-electron chi connectivity index (χ3n) is 16.8. The molecule has 4 saturated carbocycles. The Morgan fingerprint density at radius 3 is 1.52 bits per heavy atom. The largest absolute Gasteiger partial charge is 0.507 e.